The molecule has 2 nitrogen and oxygen atoms in total. The van der Waals surface area contributed by atoms with Crippen molar-refractivity contribution in [2.24, 2.45) is 0 Å². The molecule has 0 aliphatic carbocycles. The molecule has 0 aromatic heterocycles. The van der Waals surface area contributed by atoms with E-state index in [9.17, 15) is 0 Å². The second kappa shape index (κ2) is 3.29. The third-order valence-corrected chi connectivity index (χ3v) is 2.58. The summed E-state index contributed by atoms with van der Waals surface area (Å²) in [6.45, 7) is 4.77. The minimum Gasteiger partial charge on any atom is -0.454 e. The summed E-state index contributed by atoms with van der Waals surface area (Å²) in [4.78, 5) is 0. The van der Waals surface area contributed by atoms with Crippen LogP contribution in [0.25, 0.3) is 0 Å². The van der Waals surface area contributed by atoms with Gasteiger partial charge >= 0.3 is 0 Å². The SMILES string of the molecule is CCC(C)c1ccc2c(c1)OCO2. The van der Waals surface area contributed by atoms with Gasteiger partial charge in [-0.1, -0.05) is 19.9 Å². The first-order valence-corrected chi connectivity index (χ1v) is 4.71. The molecule has 0 fully saturated rings. The van der Waals surface area contributed by atoms with Gasteiger partial charge in [-0.2, -0.15) is 0 Å². The Hall–Kier alpha value is -1.18. The van der Waals surface area contributed by atoms with Crippen LogP contribution in [0.3, 0.4) is 0 Å². The summed E-state index contributed by atoms with van der Waals surface area (Å²) in [7, 11) is 0. The Balaban J connectivity index is 2.30. The Labute approximate surface area is 78.5 Å². The molecule has 1 aromatic rings. The maximum Gasteiger partial charge on any atom is 0.231 e. The summed E-state index contributed by atoms with van der Waals surface area (Å²) in [5.74, 6) is 2.35. The number of ether oxygens (including phenoxy) is 2. The van der Waals surface area contributed by atoms with Crippen molar-refractivity contribution in [3.05, 3.63) is 23.8 Å². The van der Waals surface area contributed by atoms with Crippen LogP contribution in [0.4, 0.5) is 0 Å². The molecule has 13 heavy (non-hydrogen) atoms. The van der Waals surface area contributed by atoms with E-state index in [1.807, 2.05) is 6.07 Å². The Bertz CT molecular complexity index is 307. The lowest BCUT2D eigenvalue weighted by atomic mass is 9.98. The van der Waals surface area contributed by atoms with E-state index >= 15 is 0 Å². The fourth-order valence-electron chi connectivity index (χ4n) is 1.46. The summed E-state index contributed by atoms with van der Waals surface area (Å²) in [6, 6.07) is 6.18. The maximum absolute atomic E-state index is 5.31. The van der Waals surface area contributed by atoms with E-state index < -0.39 is 0 Å². The summed E-state index contributed by atoms with van der Waals surface area (Å²) in [5, 5.41) is 0. The van der Waals surface area contributed by atoms with E-state index in [2.05, 4.69) is 26.0 Å². The fourth-order valence-corrected chi connectivity index (χ4v) is 1.46. The van der Waals surface area contributed by atoms with Crippen LogP contribution in [0, 0.1) is 0 Å². The number of fused-ring (bicyclic) bond motifs is 1. The van der Waals surface area contributed by atoms with Gasteiger partial charge in [0.2, 0.25) is 6.79 Å². The maximum atomic E-state index is 5.31. The van der Waals surface area contributed by atoms with E-state index in [1.54, 1.807) is 0 Å². The molecule has 1 aliphatic heterocycles. The highest BCUT2D eigenvalue weighted by atomic mass is 16.7. The first-order valence-electron chi connectivity index (χ1n) is 4.71. The minimum absolute atomic E-state index is 0.360. The highest BCUT2D eigenvalue weighted by Gasteiger charge is 2.14. The van der Waals surface area contributed by atoms with Gasteiger partial charge in [-0.25, -0.2) is 0 Å². The number of benzene rings is 1. The summed E-state index contributed by atoms with van der Waals surface area (Å²) < 4.78 is 10.6. The topological polar surface area (TPSA) is 18.5 Å². The third-order valence-electron chi connectivity index (χ3n) is 2.58. The van der Waals surface area contributed by atoms with Gasteiger partial charge < -0.3 is 9.47 Å². The molecule has 1 unspecified atom stereocenters. The molecule has 0 bridgehead atoms. The van der Waals surface area contributed by atoms with Crippen LogP contribution >= 0.6 is 0 Å². The van der Waals surface area contributed by atoms with Crippen LogP contribution in [0.5, 0.6) is 11.5 Å². The van der Waals surface area contributed by atoms with E-state index in [0.29, 0.717) is 12.7 Å². The molecular weight excluding hydrogens is 164 g/mol. The van der Waals surface area contributed by atoms with Gasteiger partial charge in [0.1, 0.15) is 0 Å². The second-order valence-corrected chi connectivity index (χ2v) is 3.42. The van der Waals surface area contributed by atoms with Gasteiger partial charge in [-0.05, 0) is 30.0 Å². The Morgan fingerprint density at radius 2 is 2.08 bits per heavy atom. The Morgan fingerprint density at radius 3 is 2.85 bits per heavy atom. The van der Waals surface area contributed by atoms with E-state index in [-0.39, 0.29) is 0 Å². The quantitative estimate of drug-likeness (QED) is 0.693. The highest BCUT2D eigenvalue weighted by Crippen LogP contribution is 2.34. The summed E-state index contributed by atoms with van der Waals surface area (Å²) in [5.41, 5.74) is 1.33. The molecule has 1 aromatic carbocycles. The van der Waals surface area contributed by atoms with E-state index in [4.69, 9.17) is 9.47 Å². The standard InChI is InChI=1S/C11H14O2/c1-3-8(2)9-4-5-10-11(6-9)13-7-12-10/h4-6,8H,3,7H2,1-2H3. The average Bonchev–Trinajstić information content (AvgIpc) is 2.63. The van der Waals surface area contributed by atoms with Crippen LogP contribution in [0.1, 0.15) is 31.7 Å². The lowest BCUT2D eigenvalue weighted by Crippen LogP contribution is -1.93. The van der Waals surface area contributed by atoms with Crippen LogP contribution in [-0.4, -0.2) is 6.79 Å². The molecule has 2 heteroatoms. The van der Waals surface area contributed by atoms with Gasteiger partial charge in [-0.15, -0.1) is 0 Å². The zero-order valence-corrected chi connectivity index (χ0v) is 8.04. The molecule has 1 atom stereocenters. The number of hydrogen-bond donors (Lipinski definition) is 0. The zero-order valence-electron chi connectivity index (χ0n) is 8.04. The van der Waals surface area contributed by atoms with Gasteiger partial charge in [-0.3, -0.25) is 0 Å². The normalized spacial score (nSPS) is 15.8. The molecule has 1 heterocycles. The molecule has 0 spiro atoms. The average molecular weight is 178 g/mol. The van der Waals surface area contributed by atoms with Gasteiger partial charge in [0.05, 0.1) is 0 Å². The van der Waals surface area contributed by atoms with E-state index in [1.165, 1.54) is 5.56 Å². The molecule has 0 N–H and O–H groups in total. The smallest absolute Gasteiger partial charge is 0.231 e. The van der Waals surface area contributed by atoms with Gasteiger partial charge in [0.25, 0.3) is 0 Å². The second-order valence-electron chi connectivity index (χ2n) is 3.42. The molecule has 2 rings (SSSR count). The van der Waals surface area contributed by atoms with Crippen LogP contribution in [-0.2, 0) is 0 Å². The number of rotatable bonds is 2. The molecule has 0 saturated heterocycles. The predicted octanol–water partition coefficient (Wildman–Crippen LogP) is 2.93. The summed E-state index contributed by atoms with van der Waals surface area (Å²) in [6.07, 6.45) is 1.15. The van der Waals surface area contributed by atoms with Crippen LogP contribution in [0.2, 0.25) is 0 Å². The predicted molar refractivity (Wildman–Crippen MR) is 51.3 cm³/mol. The molecular formula is C11H14O2. The van der Waals surface area contributed by atoms with Gasteiger partial charge in [0, 0.05) is 0 Å². The largest absolute Gasteiger partial charge is 0.454 e. The van der Waals surface area contributed by atoms with Crippen molar-refractivity contribution in [3.8, 4) is 11.5 Å². The fraction of sp³-hybridized carbons (Fsp3) is 0.455. The Morgan fingerprint density at radius 1 is 1.31 bits per heavy atom. The molecule has 0 amide bonds. The first-order chi connectivity index (χ1) is 6.31. The lowest BCUT2D eigenvalue weighted by molar-refractivity contribution is 0.174. The third kappa shape index (κ3) is 1.48. The minimum atomic E-state index is 0.360. The van der Waals surface area contributed by atoms with Crippen molar-refractivity contribution >= 4 is 0 Å². The zero-order chi connectivity index (χ0) is 9.26. The van der Waals surface area contributed by atoms with Crippen molar-refractivity contribution in [3.63, 3.8) is 0 Å². The summed E-state index contributed by atoms with van der Waals surface area (Å²) >= 11 is 0. The van der Waals surface area contributed by atoms with Crippen molar-refractivity contribution in [2.45, 2.75) is 26.2 Å². The first kappa shape index (κ1) is 8.42. The van der Waals surface area contributed by atoms with Crippen molar-refractivity contribution in [2.75, 3.05) is 6.79 Å². The highest BCUT2D eigenvalue weighted by molar-refractivity contribution is 5.45. The lowest BCUT2D eigenvalue weighted by Gasteiger charge is -2.08. The Kier molecular flexibility index (Phi) is 2.13. The molecule has 70 valence electrons. The van der Waals surface area contributed by atoms with Crippen molar-refractivity contribution < 1.29 is 9.47 Å². The van der Waals surface area contributed by atoms with Crippen molar-refractivity contribution in [1.29, 1.82) is 0 Å². The molecule has 1 aliphatic rings. The van der Waals surface area contributed by atoms with Crippen molar-refractivity contribution in [1.82, 2.24) is 0 Å². The molecule has 0 saturated carbocycles. The van der Waals surface area contributed by atoms with Crippen LogP contribution < -0.4 is 9.47 Å². The van der Waals surface area contributed by atoms with E-state index in [0.717, 1.165) is 17.9 Å². The number of hydrogen-bond acceptors (Lipinski definition) is 2. The molecule has 0 radical (unpaired) electrons. The van der Waals surface area contributed by atoms with Crippen LogP contribution in [0.15, 0.2) is 18.2 Å². The van der Waals surface area contributed by atoms with Gasteiger partial charge in [0.15, 0.2) is 11.5 Å². The monoisotopic (exact) mass is 178 g/mol.